The highest BCUT2D eigenvalue weighted by atomic mass is 32.1. The average molecular weight is 530 g/mol. The van der Waals surface area contributed by atoms with Gasteiger partial charge in [-0.05, 0) is 44.0 Å². The van der Waals surface area contributed by atoms with Crippen LogP contribution in [0.3, 0.4) is 0 Å². The molecule has 0 atom stereocenters. The number of hydrogen-bond acceptors (Lipinski definition) is 7. The van der Waals surface area contributed by atoms with E-state index < -0.39 is 11.6 Å². The van der Waals surface area contributed by atoms with E-state index >= 15 is 8.78 Å². The Kier molecular flexibility index (Phi) is 8.29. The fourth-order valence-corrected chi connectivity index (χ4v) is 4.28. The summed E-state index contributed by atoms with van der Waals surface area (Å²) in [6, 6.07) is 9.98. The topological polar surface area (TPSA) is 78.8 Å². The number of halogens is 2. The highest BCUT2D eigenvalue weighted by Crippen LogP contribution is 2.28. The number of aromatic nitrogens is 3. The molecule has 37 heavy (non-hydrogen) atoms. The second-order valence-electron chi connectivity index (χ2n) is 8.98. The first-order chi connectivity index (χ1) is 17.7. The van der Waals surface area contributed by atoms with Gasteiger partial charge in [0.15, 0.2) is 11.6 Å². The molecule has 4 rings (SSSR count). The second kappa shape index (κ2) is 11.6. The summed E-state index contributed by atoms with van der Waals surface area (Å²) in [4.78, 5) is 18.4. The molecule has 1 aliphatic rings. The lowest BCUT2D eigenvalue weighted by Crippen LogP contribution is -2.49. The molecule has 1 fully saturated rings. The summed E-state index contributed by atoms with van der Waals surface area (Å²) < 4.78 is 36.3. The highest BCUT2D eigenvalue weighted by Gasteiger charge is 2.26. The Labute approximate surface area is 219 Å². The van der Waals surface area contributed by atoms with Crippen molar-refractivity contribution in [1.82, 2.24) is 30.1 Å². The number of amides is 1. The number of hydrogen-bond donors (Lipinski definition) is 1. The van der Waals surface area contributed by atoms with Crippen LogP contribution in [0.5, 0.6) is 0 Å². The lowest BCUT2D eigenvalue weighted by Gasteiger charge is -2.36. The van der Waals surface area contributed by atoms with Gasteiger partial charge in [0.1, 0.15) is 11.4 Å². The van der Waals surface area contributed by atoms with Gasteiger partial charge in [-0.3, -0.25) is 4.79 Å². The monoisotopic (exact) mass is 529 g/mol. The summed E-state index contributed by atoms with van der Waals surface area (Å²) >= 11 is 4.91. The number of nitrogens with zero attached hydrogens (tertiary/aromatic N) is 6. The first-order valence-corrected chi connectivity index (χ1v) is 12.2. The van der Waals surface area contributed by atoms with Crippen molar-refractivity contribution in [3.63, 3.8) is 0 Å². The molecule has 0 bridgehead atoms. The molecule has 196 valence electrons. The van der Waals surface area contributed by atoms with Crippen LogP contribution in [-0.4, -0.2) is 83.3 Å². The standard InChI is InChI=1S/C25H29F2N7O2S/c1-31(2)15-17-5-4-6-18(11-17)24(35)33-9-7-32(8-10-33)23-21(26)12-20(13-22(23)27)34-16-19(29-30-34)14-28-25(37)36-3/h4-6,11-13,16H,7-10,14-15H2,1-3H3,(H,28,37). The molecule has 3 aromatic rings. The van der Waals surface area contributed by atoms with Gasteiger partial charge in [0, 0.05) is 50.4 Å². The number of rotatable bonds is 7. The molecular formula is C25H29F2N7O2S. The van der Waals surface area contributed by atoms with E-state index in [4.69, 9.17) is 17.0 Å². The van der Waals surface area contributed by atoms with Crippen LogP contribution >= 0.6 is 12.2 Å². The van der Waals surface area contributed by atoms with Crippen molar-refractivity contribution >= 4 is 29.0 Å². The zero-order valence-corrected chi connectivity index (χ0v) is 21.8. The summed E-state index contributed by atoms with van der Waals surface area (Å²) in [6.45, 7) is 2.35. The van der Waals surface area contributed by atoms with Gasteiger partial charge < -0.3 is 24.8 Å². The van der Waals surface area contributed by atoms with Crippen LogP contribution in [-0.2, 0) is 17.8 Å². The molecule has 0 radical (unpaired) electrons. The Morgan fingerprint density at radius 1 is 1.14 bits per heavy atom. The summed E-state index contributed by atoms with van der Waals surface area (Å²) in [6.07, 6.45) is 1.55. The van der Waals surface area contributed by atoms with E-state index in [1.165, 1.54) is 23.9 Å². The molecule has 0 aliphatic carbocycles. The predicted octanol–water partition coefficient (Wildman–Crippen LogP) is 2.59. The van der Waals surface area contributed by atoms with Crippen LogP contribution in [0.2, 0.25) is 0 Å². The van der Waals surface area contributed by atoms with Crippen LogP contribution in [0.1, 0.15) is 21.6 Å². The van der Waals surface area contributed by atoms with Gasteiger partial charge in [0.25, 0.3) is 11.1 Å². The van der Waals surface area contributed by atoms with Crippen LogP contribution in [0.4, 0.5) is 14.5 Å². The molecule has 1 amide bonds. The summed E-state index contributed by atoms with van der Waals surface area (Å²) in [7, 11) is 5.39. The highest BCUT2D eigenvalue weighted by molar-refractivity contribution is 7.80. The largest absolute Gasteiger partial charge is 0.474 e. The fourth-order valence-electron chi connectivity index (χ4n) is 4.21. The van der Waals surface area contributed by atoms with Gasteiger partial charge in [0.2, 0.25) is 0 Å². The fraction of sp³-hybridized carbons (Fsp3) is 0.360. The molecule has 0 spiro atoms. The van der Waals surface area contributed by atoms with E-state index in [0.717, 1.165) is 12.1 Å². The summed E-state index contributed by atoms with van der Waals surface area (Å²) in [5.41, 5.74) is 2.28. The van der Waals surface area contributed by atoms with Gasteiger partial charge in [-0.15, -0.1) is 5.10 Å². The Morgan fingerprint density at radius 2 is 1.84 bits per heavy atom. The smallest absolute Gasteiger partial charge is 0.256 e. The first-order valence-electron chi connectivity index (χ1n) is 11.8. The maximum absolute atomic E-state index is 15.1. The normalized spacial score (nSPS) is 13.7. The molecule has 1 saturated heterocycles. The van der Waals surface area contributed by atoms with Crippen LogP contribution in [0.15, 0.2) is 42.6 Å². The minimum atomic E-state index is -0.707. The molecule has 9 nitrogen and oxygen atoms in total. The van der Waals surface area contributed by atoms with Crippen LogP contribution in [0.25, 0.3) is 5.69 Å². The van der Waals surface area contributed by atoms with Crippen molar-refractivity contribution in [3.8, 4) is 5.69 Å². The maximum atomic E-state index is 15.1. The van der Waals surface area contributed by atoms with E-state index in [2.05, 4.69) is 15.6 Å². The number of benzene rings is 2. The lowest BCUT2D eigenvalue weighted by atomic mass is 10.1. The number of carbonyl (C=O) groups is 1. The number of ether oxygens (including phenoxy) is 1. The number of carbonyl (C=O) groups excluding carboxylic acids is 1. The number of methoxy groups -OCH3 is 1. The summed E-state index contributed by atoms with van der Waals surface area (Å²) in [5, 5.41) is 11.0. The van der Waals surface area contributed by atoms with Crippen molar-refractivity contribution in [2.45, 2.75) is 13.1 Å². The SMILES string of the molecule is COC(=S)NCc1cn(-c2cc(F)c(N3CCN(C(=O)c4cccc(CN(C)C)c4)CC3)c(F)c2)nn1. The summed E-state index contributed by atoms with van der Waals surface area (Å²) in [5.74, 6) is -1.50. The third kappa shape index (κ3) is 6.38. The van der Waals surface area contributed by atoms with Crippen molar-refractivity contribution in [2.75, 3.05) is 52.3 Å². The number of thiocarbonyl (C=S) groups is 1. The minimum Gasteiger partial charge on any atom is -0.474 e. The Balaban J connectivity index is 1.41. The Hall–Kier alpha value is -3.64. The Bertz CT molecular complexity index is 1250. The van der Waals surface area contributed by atoms with E-state index in [-0.39, 0.29) is 29.0 Å². The number of piperazine rings is 1. The zero-order chi connectivity index (χ0) is 26.5. The van der Waals surface area contributed by atoms with Crippen molar-refractivity contribution in [2.24, 2.45) is 0 Å². The molecule has 2 aromatic carbocycles. The van der Waals surface area contributed by atoms with E-state index in [9.17, 15) is 4.79 Å². The third-order valence-corrected chi connectivity index (χ3v) is 6.27. The second-order valence-corrected chi connectivity index (χ2v) is 9.35. The molecule has 12 heteroatoms. The molecule has 1 aromatic heterocycles. The van der Waals surface area contributed by atoms with E-state index in [0.29, 0.717) is 37.4 Å². The Morgan fingerprint density at radius 3 is 2.49 bits per heavy atom. The molecule has 0 saturated carbocycles. The zero-order valence-electron chi connectivity index (χ0n) is 20.9. The van der Waals surface area contributed by atoms with Crippen molar-refractivity contribution in [3.05, 3.63) is 71.1 Å². The molecule has 0 unspecified atom stereocenters. The van der Waals surface area contributed by atoms with Gasteiger partial charge in [-0.2, -0.15) is 0 Å². The van der Waals surface area contributed by atoms with Gasteiger partial charge >= 0.3 is 0 Å². The predicted molar refractivity (Wildman–Crippen MR) is 140 cm³/mol. The average Bonchev–Trinajstić information content (AvgIpc) is 3.36. The van der Waals surface area contributed by atoms with Crippen molar-refractivity contribution < 1.29 is 18.3 Å². The first kappa shape index (κ1) is 26.4. The third-order valence-electron chi connectivity index (χ3n) is 5.96. The molecular weight excluding hydrogens is 500 g/mol. The van der Waals surface area contributed by atoms with Crippen molar-refractivity contribution in [1.29, 1.82) is 0 Å². The maximum Gasteiger partial charge on any atom is 0.256 e. The molecule has 2 heterocycles. The minimum absolute atomic E-state index is 0.0840. The van der Waals surface area contributed by atoms with Gasteiger partial charge in [0.05, 0.1) is 25.5 Å². The molecule has 1 aliphatic heterocycles. The van der Waals surface area contributed by atoms with Gasteiger partial charge in [-0.1, -0.05) is 17.3 Å². The van der Waals surface area contributed by atoms with E-state index in [1.807, 2.05) is 37.2 Å². The number of nitrogens with one attached hydrogen (secondary N) is 1. The molecule has 1 N–H and O–H groups in total. The quantitative estimate of drug-likeness (QED) is 0.468. The van der Waals surface area contributed by atoms with Crippen LogP contribution < -0.4 is 10.2 Å². The van der Waals surface area contributed by atoms with E-state index in [1.54, 1.807) is 22.1 Å². The number of anilines is 1. The van der Waals surface area contributed by atoms with Crippen LogP contribution in [0, 0.1) is 11.6 Å². The van der Waals surface area contributed by atoms with Gasteiger partial charge in [-0.25, -0.2) is 13.5 Å². The lowest BCUT2D eigenvalue weighted by molar-refractivity contribution is 0.0746.